The van der Waals surface area contributed by atoms with Crippen molar-refractivity contribution in [1.82, 2.24) is 0 Å². The molecule has 0 aromatic heterocycles. The van der Waals surface area contributed by atoms with Crippen molar-refractivity contribution in [2.45, 2.75) is 12.8 Å². The minimum atomic E-state index is 0.638. The molecule has 0 saturated carbocycles. The Morgan fingerprint density at radius 1 is 1.38 bits per heavy atom. The molecule has 4 heteroatoms. The molecule has 0 atom stereocenters. The molecule has 88 valence electrons. The summed E-state index contributed by atoms with van der Waals surface area (Å²) in [6.45, 7) is 2.55. The van der Waals surface area contributed by atoms with Crippen LogP contribution in [0.15, 0.2) is 22.7 Å². The number of rotatable bonds is 3. The van der Waals surface area contributed by atoms with E-state index in [1.165, 1.54) is 3.57 Å². The van der Waals surface area contributed by atoms with Gasteiger partial charge in [0.15, 0.2) is 0 Å². The maximum Gasteiger partial charge on any atom is 0.134 e. The first-order valence-corrected chi connectivity index (χ1v) is 7.28. The summed E-state index contributed by atoms with van der Waals surface area (Å²) >= 11 is 5.80. The van der Waals surface area contributed by atoms with Crippen molar-refractivity contribution >= 4 is 38.5 Å². The molecule has 1 aromatic rings. The molecule has 1 heterocycles. The zero-order chi connectivity index (χ0) is 11.4. The predicted molar refractivity (Wildman–Crippen MR) is 75.9 cm³/mol. The van der Waals surface area contributed by atoms with E-state index in [1.807, 2.05) is 6.07 Å². The first-order valence-electron chi connectivity index (χ1n) is 5.41. The van der Waals surface area contributed by atoms with Crippen molar-refractivity contribution in [2.24, 2.45) is 5.92 Å². The minimum absolute atomic E-state index is 0.638. The number of hydrogen-bond acceptors (Lipinski definition) is 2. The molecule has 2 nitrogen and oxygen atoms in total. The number of ether oxygens (including phenoxy) is 2. The van der Waals surface area contributed by atoms with E-state index in [1.54, 1.807) is 0 Å². The van der Waals surface area contributed by atoms with Gasteiger partial charge in [0.25, 0.3) is 0 Å². The van der Waals surface area contributed by atoms with Crippen LogP contribution in [0.3, 0.4) is 0 Å². The van der Waals surface area contributed by atoms with E-state index >= 15 is 0 Å². The molecule has 1 aliphatic rings. The van der Waals surface area contributed by atoms with Crippen molar-refractivity contribution in [2.75, 3.05) is 19.8 Å². The Morgan fingerprint density at radius 2 is 2.12 bits per heavy atom. The van der Waals surface area contributed by atoms with Gasteiger partial charge in [-0.25, -0.2) is 0 Å². The van der Waals surface area contributed by atoms with Crippen molar-refractivity contribution in [3.63, 3.8) is 0 Å². The van der Waals surface area contributed by atoms with Crippen LogP contribution in [0.25, 0.3) is 0 Å². The summed E-state index contributed by atoms with van der Waals surface area (Å²) in [6, 6.07) is 6.15. The standard InChI is InChI=1S/C12H14BrIO2/c13-11-2-1-10(14)7-12(11)16-8-9-3-5-15-6-4-9/h1-2,7,9H,3-6,8H2. The van der Waals surface area contributed by atoms with Crippen molar-refractivity contribution < 1.29 is 9.47 Å². The Bertz CT molecular complexity index is 351. The van der Waals surface area contributed by atoms with Crippen molar-refractivity contribution in [3.05, 3.63) is 26.2 Å². The van der Waals surface area contributed by atoms with Crippen LogP contribution in [0.1, 0.15) is 12.8 Å². The number of hydrogen-bond donors (Lipinski definition) is 0. The molecule has 1 saturated heterocycles. The van der Waals surface area contributed by atoms with Gasteiger partial charge < -0.3 is 9.47 Å². The first-order chi connectivity index (χ1) is 7.75. The third-order valence-corrected chi connectivity index (χ3v) is 4.03. The van der Waals surface area contributed by atoms with E-state index in [-0.39, 0.29) is 0 Å². The van der Waals surface area contributed by atoms with Gasteiger partial charge in [-0.05, 0) is 75.5 Å². The minimum Gasteiger partial charge on any atom is -0.492 e. The molecule has 0 aliphatic carbocycles. The van der Waals surface area contributed by atoms with E-state index in [4.69, 9.17) is 9.47 Å². The highest BCUT2D eigenvalue weighted by Gasteiger charge is 2.15. The van der Waals surface area contributed by atoms with E-state index in [0.29, 0.717) is 5.92 Å². The lowest BCUT2D eigenvalue weighted by atomic mass is 10.0. The van der Waals surface area contributed by atoms with Gasteiger partial charge in [-0.3, -0.25) is 0 Å². The molecule has 0 unspecified atom stereocenters. The van der Waals surface area contributed by atoms with Gasteiger partial charge in [0.05, 0.1) is 11.1 Å². The summed E-state index contributed by atoms with van der Waals surface area (Å²) in [5, 5.41) is 0. The fourth-order valence-corrected chi connectivity index (χ4v) is 2.53. The summed E-state index contributed by atoms with van der Waals surface area (Å²) in [4.78, 5) is 0. The van der Waals surface area contributed by atoms with Crippen molar-refractivity contribution in [3.8, 4) is 5.75 Å². The van der Waals surface area contributed by atoms with Gasteiger partial charge in [0.1, 0.15) is 5.75 Å². The lowest BCUT2D eigenvalue weighted by Gasteiger charge is -2.22. The highest BCUT2D eigenvalue weighted by atomic mass is 127. The maximum absolute atomic E-state index is 5.85. The van der Waals surface area contributed by atoms with Crippen molar-refractivity contribution in [1.29, 1.82) is 0 Å². The summed E-state index contributed by atoms with van der Waals surface area (Å²) in [7, 11) is 0. The van der Waals surface area contributed by atoms with E-state index in [9.17, 15) is 0 Å². The third-order valence-electron chi connectivity index (χ3n) is 2.71. The smallest absolute Gasteiger partial charge is 0.134 e. The van der Waals surface area contributed by atoms with Crippen LogP contribution >= 0.6 is 38.5 Å². The Balaban J connectivity index is 1.90. The predicted octanol–water partition coefficient (Wildman–Crippen LogP) is 3.86. The van der Waals surface area contributed by atoms with Crippen LogP contribution in [-0.4, -0.2) is 19.8 Å². The molecule has 1 fully saturated rings. The molecule has 0 spiro atoms. The van der Waals surface area contributed by atoms with E-state index in [0.717, 1.165) is 42.9 Å². The van der Waals surface area contributed by atoms with Gasteiger partial charge >= 0.3 is 0 Å². The van der Waals surface area contributed by atoms with Gasteiger partial charge in [-0.1, -0.05) is 0 Å². The molecule has 0 radical (unpaired) electrons. The number of halogens is 2. The molecule has 0 bridgehead atoms. The van der Waals surface area contributed by atoms with Crippen LogP contribution in [0, 0.1) is 9.49 Å². The van der Waals surface area contributed by atoms with Gasteiger partial charge in [-0.2, -0.15) is 0 Å². The summed E-state index contributed by atoms with van der Waals surface area (Å²) in [5.74, 6) is 1.58. The monoisotopic (exact) mass is 396 g/mol. The molecule has 0 N–H and O–H groups in total. The Kier molecular flexibility index (Phi) is 4.91. The second kappa shape index (κ2) is 6.21. The molecular formula is C12H14BrIO2. The summed E-state index contributed by atoms with van der Waals surface area (Å²) in [5.41, 5.74) is 0. The van der Waals surface area contributed by atoms with Crippen LogP contribution in [0.5, 0.6) is 5.75 Å². The van der Waals surface area contributed by atoms with Gasteiger partial charge in [0.2, 0.25) is 0 Å². The Labute approximate surface area is 118 Å². The average Bonchev–Trinajstić information content (AvgIpc) is 2.32. The zero-order valence-corrected chi connectivity index (χ0v) is 12.7. The fourth-order valence-electron chi connectivity index (χ4n) is 1.71. The first kappa shape index (κ1) is 12.6. The Morgan fingerprint density at radius 3 is 2.88 bits per heavy atom. The van der Waals surface area contributed by atoms with Crippen LogP contribution in [0.4, 0.5) is 0 Å². The average molecular weight is 397 g/mol. The lowest BCUT2D eigenvalue weighted by Crippen LogP contribution is -2.21. The molecule has 1 aromatic carbocycles. The summed E-state index contributed by atoms with van der Waals surface area (Å²) in [6.07, 6.45) is 2.23. The van der Waals surface area contributed by atoms with E-state index < -0.39 is 0 Å². The maximum atomic E-state index is 5.85. The second-order valence-corrected chi connectivity index (χ2v) is 6.04. The molecule has 1 aliphatic heterocycles. The quantitative estimate of drug-likeness (QED) is 0.722. The van der Waals surface area contributed by atoms with Gasteiger partial charge in [-0.15, -0.1) is 0 Å². The number of benzene rings is 1. The molecule has 0 amide bonds. The van der Waals surface area contributed by atoms with Crippen LogP contribution < -0.4 is 4.74 Å². The van der Waals surface area contributed by atoms with Crippen LogP contribution in [0.2, 0.25) is 0 Å². The fraction of sp³-hybridized carbons (Fsp3) is 0.500. The second-order valence-electron chi connectivity index (χ2n) is 3.94. The van der Waals surface area contributed by atoms with Gasteiger partial charge in [0, 0.05) is 16.8 Å². The zero-order valence-electron chi connectivity index (χ0n) is 8.92. The third kappa shape index (κ3) is 3.60. The largest absolute Gasteiger partial charge is 0.492 e. The SMILES string of the molecule is Brc1ccc(I)cc1OCC1CCOCC1. The topological polar surface area (TPSA) is 18.5 Å². The molecule has 16 heavy (non-hydrogen) atoms. The van der Waals surface area contributed by atoms with E-state index in [2.05, 4.69) is 50.7 Å². The van der Waals surface area contributed by atoms with Crippen LogP contribution in [-0.2, 0) is 4.74 Å². The molecular weight excluding hydrogens is 383 g/mol. The summed E-state index contributed by atoms with van der Waals surface area (Å²) < 4.78 is 13.4. The lowest BCUT2D eigenvalue weighted by molar-refractivity contribution is 0.0496. The molecule has 2 rings (SSSR count). The Hall–Kier alpha value is 0.190. The normalized spacial score (nSPS) is 17.4. The highest BCUT2D eigenvalue weighted by Crippen LogP contribution is 2.28. The highest BCUT2D eigenvalue weighted by molar-refractivity contribution is 14.1.